The van der Waals surface area contributed by atoms with E-state index in [0.29, 0.717) is 18.5 Å². The molecular weight excluding hydrogens is 287 g/mol. The van der Waals surface area contributed by atoms with Gasteiger partial charge in [-0.15, -0.1) is 0 Å². The minimum atomic E-state index is -4.19. The van der Waals surface area contributed by atoms with Gasteiger partial charge in [0, 0.05) is 12.7 Å². The van der Waals surface area contributed by atoms with E-state index in [0.717, 1.165) is 6.42 Å². The quantitative estimate of drug-likeness (QED) is 0.801. The SMILES string of the molecule is CCOC(=O)c1cnn([C@@H]2CCCN(CC(F)(F)F)C2)c1. The van der Waals surface area contributed by atoms with Crippen LogP contribution in [0, 0.1) is 0 Å². The Kier molecular flexibility index (Phi) is 4.87. The highest BCUT2D eigenvalue weighted by Gasteiger charge is 2.33. The average molecular weight is 305 g/mol. The Morgan fingerprint density at radius 1 is 1.52 bits per heavy atom. The van der Waals surface area contributed by atoms with Gasteiger partial charge in [0.2, 0.25) is 0 Å². The molecule has 0 aliphatic carbocycles. The van der Waals surface area contributed by atoms with Gasteiger partial charge < -0.3 is 4.74 Å². The van der Waals surface area contributed by atoms with E-state index in [1.807, 2.05) is 0 Å². The number of alkyl halides is 3. The molecule has 0 saturated carbocycles. The monoisotopic (exact) mass is 305 g/mol. The van der Waals surface area contributed by atoms with E-state index in [1.165, 1.54) is 11.1 Å². The standard InChI is InChI=1S/C13H18F3N3O2/c1-2-21-12(20)10-6-17-19(7-10)11-4-3-5-18(8-11)9-13(14,15)16/h6-7,11H,2-5,8-9H2,1H3/t11-/m1/s1. The van der Waals surface area contributed by atoms with E-state index in [1.54, 1.807) is 17.8 Å². The summed E-state index contributed by atoms with van der Waals surface area (Å²) in [6.45, 7) is 1.78. The molecule has 2 rings (SSSR count). The molecule has 0 spiro atoms. The van der Waals surface area contributed by atoms with E-state index < -0.39 is 18.7 Å². The molecular formula is C13H18F3N3O2. The summed E-state index contributed by atoms with van der Waals surface area (Å²) in [5, 5.41) is 4.08. The molecule has 0 radical (unpaired) electrons. The number of hydrogen-bond donors (Lipinski definition) is 0. The van der Waals surface area contributed by atoms with Gasteiger partial charge in [0.05, 0.1) is 31.0 Å². The van der Waals surface area contributed by atoms with Gasteiger partial charge in [0.1, 0.15) is 0 Å². The Hall–Kier alpha value is -1.57. The fourth-order valence-electron chi connectivity index (χ4n) is 2.50. The van der Waals surface area contributed by atoms with Crippen molar-refractivity contribution in [2.24, 2.45) is 0 Å². The highest BCUT2D eigenvalue weighted by atomic mass is 19.4. The fourth-order valence-corrected chi connectivity index (χ4v) is 2.50. The van der Waals surface area contributed by atoms with Gasteiger partial charge in [0.15, 0.2) is 0 Å². The number of esters is 1. The minimum Gasteiger partial charge on any atom is -0.462 e. The number of piperidine rings is 1. The van der Waals surface area contributed by atoms with Gasteiger partial charge in [0.25, 0.3) is 0 Å². The number of carbonyl (C=O) groups is 1. The number of carbonyl (C=O) groups excluding carboxylic acids is 1. The maximum absolute atomic E-state index is 12.4. The lowest BCUT2D eigenvalue weighted by Crippen LogP contribution is -2.42. The normalized spacial score (nSPS) is 20.5. The number of ether oxygens (including phenoxy) is 1. The first-order chi connectivity index (χ1) is 9.89. The summed E-state index contributed by atoms with van der Waals surface area (Å²) in [7, 11) is 0. The summed E-state index contributed by atoms with van der Waals surface area (Å²) in [6.07, 6.45) is 0.163. The van der Waals surface area contributed by atoms with Gasteiger partial charge in [-0.25, -0.2) is 4.79 Å². The van der Waals surface area contributed by atoms with Crippen LogP contribution in [0.2, 0.25) is 0 Å². The van der Waals surface area contributed by atoms with Gasteiger partial charge in [-0.1, -0.05) is 0 Å². The van der Waals surface area contributed by atoms with Crippen molar-refractivity contribution in [2.75, 3.05) is 26.2 Å². The molecule has 0 aromatic carbocycles. The Morgan fingerprint density at radius 3 is 2.95 bits per heavy atom. The smallest absolute Gasteiger partial charge is 0.401 e. The van der Waals surface area contributed by atoms with E-state index in [2.05, 4.69) is 5.10 Å². The first-order valence-electron chi connectivity index (χ1n) is 6.89. The molecule has 1 aromatic rings. The van der Waals surface area contributed by atoms with Crippen molar-refractivity contribution in [1.82, 2.24) is 14.7 Å². The van der Waals surface area contributed by atoms with Crippen LogP contribution in [0.25, 0.3) is 0 Å². The van der Waals surface area contributed by atoms with Crippen LogP contribution in [0.15, 0.2) is 12.4 Å². The second-order valence-electron chi connectivity index (χ2n) is 5.08. The molecule has 0 N–H and O–H groups in total. The van der Waals surface area contributed by atoms with E-state index >= 15 is 0 Å². The predicted molar refractivity (Wildman–Crippen MR) is 68.9 cm³/mol. The number of rotatable bonds is 4. The second kappa shape index (κ2) is 6.46. The molecule has 1 aromatic heterocycles. The molecule has 1 fully saturated rings. The van der Waals surface area contributed by atoms with Crippen molar-refractivity contribution in [2.45, 2.75) is 32.0 Å². The maximum Gasteiger partial charge on any atom is 0.401 e. The summed E-state index contributed by atoms with van der Waals surface area (Å²) in [5.74, 6) is -0.466. The molecule has 1 aliphatic rings. The van der Waals surface area contributed by atoms with Gasteiger partial charge >= 0.3 is 12.1 Å². The van der Waals surface area contributed by atoms with Crippen molar-refractivity contribution in [3.05, 3.63) is 18.0 Å². The molecule has 8 heteroatoms. The highest BCUT2D eigenvalue weighted by Crippen LogP contribution is 2.25. The van der Waals surface area contributed by atoms with Crippen molar-refractivity contribution in [3.8, 4) is 0 Å². The first kappa shape index (κ1) is 15.8. The molecule has 1 aliphatic heterocycles. The number of hydrogen-bond acceptors (Lipinski definition) is 4. The average Bonchev–Trinajstić information content (AvgIpc) is 2.87. The van der Waals surface area contributed by atoms with E-state index in [-0.39, 0.29) is 19.2 Å². The fraction of sp³-hybridized carbons (Fsp3) is 0.692. The molecule has 0 unspecified atom stereocenters. The largest absolute Gasteiger partial charge is 0.462 e. The minimum absolute atomic E-state index is 0.149. The lowest BCUT2D eigenvalue weighted by molar-refractivity contribution is -0.149. The second-order valence-corrected chi connectivity index (χ2v) is 5.08. The van der Waals surface area contributed by atoms with Crippen molar-refractivity contribution in [3.63, 3.8) is 0 Å². The molecule has 1 saturated heterocycles. The van der Waals surface area contributed by atoms with Crippen LogP contribution in [0.1, 0.15) is 36.2 Å². The summed E-state index contributed by atoms with van der Waals surface area (Å²) < 4.78 is 43.7. The van der Waals surface area contributed by atoms with Crippen molar-refractivity contribution < 1.29 is 22.7 Å². The van der Waals surface area contributed by atoms with Crippen LogP contribution >= 0.6 is 0 Å². The Labute approximate surface area is 120 Å². The summed E-state index contributed by atoms with van der Waals surface area (Å²) in [5.41, 5.74) is 0.324. The lowest BCUT2D eigenvalue weighted by Gasteiger charge is -2.33. The Bertz CT molecular complexity index is 487. The topological polar surface area (TPSA) is 47.4 Å². The zero-order chi connectivity index (χ0) is 15.5. The molecule has 0 bridgehead atoms. The third kappa shape index (κ3) is 4.45. The third-order valence-electron chi connectivity index (χ3n) is 3.37. The summed E-state index contributed by atoms with van der Waals surface area (Å²) >= 11 is 0. The molecule has 2 heterocycles. The van der Waals surface area contributed by atoms with Gasteiger partial charge in [-0.3, -0.25) is 9.58 Å². The van der Waals surface area contributed by atoms with Crippen LogP contribution in [0.3, 0.4) is 0 Å². The molecule has 118 valence electrons. The van der Waals surface area contributed by atoms with Crippen molar-refractivity contribution in [1.29, 1.82) is 0 Å². The van der Waals surface area contributed by atoms with Crippen LogP contribution < -0.4 is 0 Å². The van der Waals surface area contributed by atoms with Crippen molar-refractivity contribution >= 4 is 5.97 Å². The van der Waals surface area contributed by atoms with Gasteiger partial charge in [-0.05, 0) is 26.3 Å². The number of aromatic nitrogens is 2. The summed E-state index contributed by atoms with van der Waals surface area (Å²) in [4.78, 5) is 12.9. The Morgan fingerprint density at radius 2 is 2.29 bits per heavy atom. The number of nitrogens with zero attached hydrogens (tertiary/aromatic N) is 3. The molecule has 0 amide bonds. The van der Waals surface area contributed by atoms with Crippen LogP contribution in [0.5, 0.6) is 0 Å². The first-order valence-corrected chi connectivity index (χ1v) is 6.89. The van der Waals surface area contributed by atoms with Crippen LogP contribution in [-0.4, -0.2) is 53.1 Å². The summed E-state index contributed by atoms with van der Waals surface area (Å²) in [6, 6.07) is -0.149. The predicted octanol–water partition coefficient (Wildman–Crippen LogP) is 2.26. The highest BCUT2D eigenvalue weighted by molar-refractivity contribution is 5.88. The molecule has 21 heavy (non-hydrogen) atoms. The number of likely N-dealkylation sites (tertiary alicyclic amines) is 1. The molecule has 5 nitrogen and oxygen atoms in total. The Balaban J connectivity index is 1.99. The van der Waals surface area contributed by atoms with Gasteiger partial charge in [-0.2, -0.15) is 18.3 Å². The van der Waals surface area contributed by atoms with Crippen LogP contribution in [0.4, 0.5) is 13.2 Å². The van der Waals surface area contributed by atoms with E-state index in [9.17, 15) is 18.0 Å². The number of halogens is 3. The van der Waals surface area contributed by atoms with Crippen LogP contribution in [-0.2, 0) is 4.74 Å². The van der Waals surface area contributed by atoms with E-state index in [4.69, 9.17) is 4.74 Å². The maximum atomic E-state index is 12.4. The molecule has 1 atom stereocenters. The zero-order valence-corrected chi connectivity index (χ0v) is 11.8. The third-order valence-corrected chi connectivity index (χ3v) is 3.37. The zero-order valence-electron chi connectivity index (χ0n) is 11.8. The lowest BCUT2D eigenvalue weighted by atomic mass is 10.1.